The summed E-state index contributed by atoms with van der Waals surface area (Å²) < 4.78 is 0.897. The van der Waals surface area contributed by atoms with Gasteiger partial charge in [-0.25, -0.2) is 4.98 Å². The number of amides is 1. The molecule has 0 saturated heterocycles. The number of rotatable bonds is 4. The average molecular weight is 320 g/mol. The van der Waals surface area contributed by atoms with Crippen LogP contribution in [-0.2, 0) is 11.2 Å². The van der Waals surface area contributed by atoms with E-state index in [-0.39, 0.29) is 5.91 Å². The van der Waals surface area contributed by atoms with E-state index in [1.807, 2.05) is 24.3 Å². The van der Waals surface area contributed by atoms with Crippen molar-refractivity contribution >= 4 is 27.7 Å². The maximum atomic E-state index is 12.1. The first-order valence-corrected chi connectivity index (χ1v) is 6.73. The highest BCUT2D eigenvalue weighted by Gasteiger charge is 2.11. The molecule has 2 aromatic heterocycles. The average Bonchev–Trinajstić information content (AvgIpc) is 2.46. The Hall–Kier alpha value is -1.75. The molecule has 0 unspecified atom stereocenters. The van der Waals surface area contributed by atoms with Crippen molar-refractivity contribution in [2.24, 2.45) is 0 Å². The van der Waals surface area contributed by atoms with Crippen molar-refractivity contribution in [2.45, 2.75) is 12.8 Å². The Balaban J connectivity index is 1.94. The van der Waals surface area contributed by atoms with Gasteiger partial charge in [0.25, 0.3) is 0 Å². The van der Waals surface area contributed by atoms with E-state index in [2.05, 4.69) is 25.9 Å². The van der Waals surface area contributed by atoms with E-state index in [1.165, 1.54) is 0 Å². The van der Waals surface area contributed by atoms with Gasteiger partial charge in [0.15, 0.2) is 0 Å². The maximum absolute atomic E-state index is 12.1. The van der Waals surface area contributed by atoms with Gasteiger partial charge in [-0.1, -0.05) is 0 Å². The second-order valence-corrected chi connectivity index (χ2v) is 5.06. The topological polar surface area (TPSA) is 46.1 Å². The summed E-state index contributed by atoms with van der Waals surface area (Å²) in [5.41, 5.74) is 1.11. The zero-order valence-corrected chi connectivity index (χ0v) is 12.2. The minimum Gasteiger partial charge on any atom is -0.300 e. The molecule has 2 aromatic rings. The number of nitrogens with zero attached hydrogens (tertiary/aromatic N) is 3. The van der Waals surface area contributed by atoms with Crippen molar-refractivity contribution in [1.29, 1.82) is 0 Å². The predicted octanol–water partition coefficient (Wildman–Crippen LogP) is 2.83. The van der Waals surface area contributed by atoms with Crippen LogP contribution in [0.1, 0.15) is 12.0 Å². The minimum atomic E-state index is 0.0478. The van der Waals surface area contributed by atoms with Gasteiger partial charge in [-0.05, 0) is 52.2 Å². The van der Waals surface area contributed by atoms with E-state index in [9.17, 15) is 4.79 Å². The predicted molar refractivity (Wildman–Crippen MR) is 77.9 cm³/mol. The smallest absolute Gasteiger partial charge is 0.228 e. The summed E-state index contributed by atoms with van der Waals surface area (Å²) in [6, 6.07) is 7.53. The number of anilines is 1. The van der Waals surface area contributed by atoms with Gasteiger partial charge in [0.1, 0.15) is 5.82 Å². The third-order valence-electron chi connectivity index (χ3n) is 2.81. The molecule has 0 atom stereocenters. The molecule has 0 aliphatic heterocycles. The van der Waals surface area contributed by atoms with Crippen molar-refractivity contribution < 1.29 is 4.79 Å². The molecule has 0 aliphatic rings. The number of carbonyl (C=O) groups is 1. The third kappa shape index (κ3) is 3.86. The SMILES string of the molecule is CN(C(=O)CCc1ccncc1)c1ccc(Br)cn1. The second kappa shape index (κ2) is 6.43. The Morgan fingerprint density at radius 1 is 1.26 bits per heavy atom. The van der Waals surface area contributed by atoms with Gasteiger partial charge in [-0.3, -0.25) is 14.7 Å². The summed E-state index contributed by atoms with van der Waals surface area (Å²) >= 11 is 3.32. The van der Waals surface area contributed by atoms with Crippen LogP contribution in [0.5, 0.6) is 0 Å². The Kier molecular flexibility index (Phi) is 4.63. The van der Waals surface area contributed by atoms with Crippen LogP contribution in [0.3, 0.4) is 0 Å². The summed E-state index contributed by atoms with van der Waals surface area (Å²) in [6.07, 6.45) is 6.32. The molecule has 19 heavy (non-hydrogen) atoms. The first-order chi connectivity index (χ1) is 9.16. The van der Waals surface area contributed by atoms with Crippen LogP contribution in [0, 0.1) is 0 Å². The van der Waals surface area contributed by atoms with Gasteiger partial charge in [0.2, 0.25) is 5.91 Å². The zero-order valence-electron chi connectivity index (χ0n) is 10.6. The molecule has 2 rings (SSSR count). The standard InChI is InChI=1S/C14H14BrN3O/c1-18(13-4-3-12(15)10-17-13)14(19)5-2-11-6-8-16-9-7-11/h3-4,6-10H,2,5H2,1H3. The number of carbonyl (C=O) groups excluding carboxylic acids is 1. The monoisotopic (exact) mass is 319 g/mol. The molecule has 4 nitrogen and oxygen atoms in total. The van der Waals surface area contributed by atoms with E-state index >= 15 is 0 Å². The molecule has 0 fully saturated rings. The fraction of sp³-hybridized carbons (Fsp3) is 0.214. The number of hydrogen-bond donors (Lipinski definition) is 0. The first kappa shape index (κ1) is 13.7. The summed E-state index contributed by atoms with van der Waals surface area (Å²) in [7, 11) is 1.74. The molecule has 0 aromatic carbocycles. The van der Waals surface area contributed by atoms with E-state index in [0.717, 1.165) is 10.0 Å². The van der Waals surface area contributed by atoms with Gasteiger partial charge in [-0.2, -0.15) is 0 Å². The zero-order chi connectivity index (χ0) is 13.7. The molecule has 98 valence electrons. The van der Waals surface area contributed by atoms with Crippen LogP contribution in [-0.4, -0.2) is 22.9 Å². The number of halogens is 1. The lowest BCUT2D eigenvalue weighted by Crippen LogP contribution is -2.27. The highest BCUT2D eigenvalue weighted by molar-refractivity contribution is 9.10. The Morgan fingerprint density at radius 2 is 2.00 bits per heavy atom. The number of pyridine rings is 2. The van der Waals surface area contributed by atoms with Gasteiger partial charge in [0.05, 0.1) is 0 Å². The van der Waals surface area contributed by atoms with Crippen LogP contribution in [0.25, 0.3) is 0 Å². The number of hydrogen-bond acceptors (Lipinski definition) is 3. The molecule has 1 amide bonds. The summed E-state index contributed by atoms with van der Waals surface area (Å²) in [5, 5.41) is 0. The van der Waals surface area contributed by atoms with Crippen LogP contribution >= 0.6 is 15.9 Å². The molecule has 5 heteroatoms. The molecule has 0 aliphatic carbocycles. The lowest BCUT2D eigenvalue weighted by atomic mass is 10.1. The molecular weight excluding hydrogens is 306 g/mol. The highest BCUT2D eigenvalue weighted by Crippen LogP contribution is 2.14. The largest absolute Gasteiger partial charge is 0.300 e. The van der Waals surface area contributed by atoms with Gasteiger partial charge in [-0.15, -0.1) is 0 Å². The highest BCUT2D eigenvalue weighted by atomic mass is 79.9. The Morgan fingerprint density at radius 3 is 2.63 bits per heavy atom. The lowest BCUT2D eigenvalue weighted by Gasteiger charge is -2.16. The maximum Gasteiger partial charge on any atom is 0.228 e. The van der Waals surface area contributed by atoms with Crippen LogP contribution in [0.15, 0.2) is 47.3 Å². The van der Waals surface area contributed by atoms with E-state index in [4.69, 9.17) is 0 Å². The third-order valence-corrected chi connectivity index (χ3v) is 3.28. The quantitative estimate of drug-likeness (QED) is 0.870. The van der Waals surface area contributed by atoms with Crippen molar-refractivity contribution in [3.8, 4) is 0 Å². The van der Waals surface area contributed by atoms with Crippen LogP contribution in [0.4, 0.5) is 5.82 Å². The van der Waals surface area contributed by atoms with E-state index < -0.39 is 0 Å². The number of aryl methyl sites for hydroxylation is 1. The Bertz CT molecular complexity index is 542. The second-order valence-electron chi connectivity index (χ2n) is 4.14. The van der Waals surface area contributed by atoms with Crippen molar-refractivity contribution in [1.82, 2.24) is 9.97 Å². The summed E-state index contributed by atoms with van der Waals surface area (Å²) in [4.78, 5) is 21.8. The van der Waals surface area contributed by atoms with Crippen molar-refractivity contribution in [3.05, 3.63) is 52.9 Å². The van der Waals surface area contributed by atoms with Gasteiger partial charge >= 0.3 is 0 Å². The van der Waals surface area contributed by atoms with Gasteiger partial charge < -0.3 is 0 Å². The van der Waals surface area contributed by atoms with Crippen molar-refractivity contribution in [3.63, 3.8) is 0 Å². The summed E-state index contributed by atoms with van der Waals surface area (Å²) in [5.74, 6) is 0.703. The molecular formula is C14H14BrN3O. The fourth-order valence-corrected chi connectivity index (χ4v) is 1.90. The van der Waals surface area contributed by atoms with E-state index in [1.54, 1.807) is 30.5 Å². The Labute approximate surface area is 120 Å². The molecule has 0 spiro atoms. The molecule has 0 bridgehead atoms. The van der Waals surface area contributed by atoms with Crippen molar-refractivity contribution in [2.75, 3.05) is 11.9 Å². The van der Waals surface area contributed by atoms with Gasteiger partial charge in [0, 0.05) is 36.5 Å². The van der Waals surface area contributed by atoms with Crippen LogP contribution < -0.4 is 4.90 Å². The number of aromatic nitrogens is 2. The van der Waals surface area contributed by atoms with Crippen LogP contribution in [0.2, 0.25) is 0 Å². The fourth-order valence-electron chi connectivity index (χ4n) is 1.66. The lowest BCUT2D eigenvalue weighted by molar-refractivity contribution is -0.118. The first-order valence-electron chi connectivity index (χ1n) is 5.94. The molecule has 0 N–H and O–H groups in total. The van der Waals surface area contributed by atoms with E-state index in [0.29, 0.717) is 18.7 Å². The molecule has 0 radical (unpaired) electrons. The molecule has 0 saturated carbocycles. The summed E-state index contributed by atoms with van der Waals surface area (Å²) in [6.45, 7) is 0. The molecule has 2 heterocycles. The minimum absolute atomic E-state index is 0.0478. The normalized spacial score (nSPS) is 10.2.